The largest absolute Gasteiger partial charge is 0.497 e. The van der Waals surface area contributed by atoms with Crippen molar-refractivity contribution in [3.8, 4) is 11.5 Å². The molecular weight excluding hydrogens is 396 g/mol. The maximum Gasteiger partial charge on any atom is 0.213 e. The zero-order valence-corrected chi connectivity index (χ0v) is 18.2. The van der Waals surface area contributed by atoms with Crippen LogP contribution < -0.4 is 24.8 Å². The Kier molecular flexibility index (Phi) is 9.49. The molecule has 1 atom stereocenters. The number of sulfonamides is 1. The summed E-state index contributed by atoms with van der Waals surface area (Å²) in [6, 6.07) is 5.56. The van der Waals surface area contributed by atoms with Gasteiger partial charge in [-0.2, -0.15) is 0 Å². The summed E-state index contributed by atoms with van der Waals surface area (Å²) in [7, 11) is 1.45. The lowest BCUT2D eigenvalue weighted by atomic mass is 10.1. The number of hydrogen-bond acceptors (Lipinski definition) is 6. The average molecular weight is 429 g/mol. The standard InChI is InChI=1S/C19H32N4O5S/c1-20-19(22-13-15-7-8-16(26-2)12-18(15)27-3)21-9-11-29(24,25)23-14-17-6-4-5-10-28-17/h7-8,12,17,23H,4-6,9-11,13-14H2,1-3H3,(H2,20,21,22). The summed E-state index contributed by atoms with van der Waals surface area (Å²) in [4.78, 5) is 4.13. The lowest BCUT2D eigenvalue weighted by molar-refractivity contribution is 0.0200. The summed E-state index contributed by atoms with van der Waals surface area (Å²) in [5.41, 5.74) is 0.929. The van der Waals surface area contributed by atoms with E-state index in [9.17, 15) is 8.42 Å². The molecule has 3 N–H and O–H groups in total. The van der Waals surface area contributed by atoms with Crippen molar-refractivity contribution in [3.63, 3.8) is 0 Å². The van der Waals surface area contributed by atoms with Crippen molar-refractivity contribution < 1.29 is 22.6 Å². The van der Waals surface area contributed by atoms with Crippen molar-refractivity contribution >= 4 is 16.0 Å². The Bertz CT molecular complexity index is 764. The predicted octanol–water partition coefficient (Wildman–Crippen LogP) is 0.857. The van der Waals surface area contributed by atoms with Gasteiger partial charge in [0.05, 0.1) is 26.1 Å². The van der Waals surface area contributed by atoms with Crippen molar-refractivity contribution in [2.75, 3.05) is 46.7 Å². The van der Waals surface area contributed by atoms with E-state index in [-0.39, 0.29) is 18.4 Å². The smallest absolute Gasteiger partial charge is 0.213 e. The van der Waals surface area contributed by atoms with E-state index in [1.54, 1.807) is 21.3 Å². The van der Waals surface area contributed by atoms with Crippen LogP contribution in [-0.2, 0) is 21.3 Å². The molecule has 1 unspecified atom stereocenters. The highest BCUT2D eigenvalue weighted by atomic mass is 32.2. The molecule has 1 aliphatic heterocycles. The fraction of sp³-hybridized carbons (Fsp3) is 0.632. The molecule has 1 aromatic carbocycles. The summed E-state index contributed by atoms with van der Waals surface area (Å²) in [6.07, 6.45) is 2.99. The third-order valence-corrected chi connectivity index (χ3v) is 5.98. The van der Waals surface area contributed by atoms with Gasteiger partial charge in [-0.1, -0.05) is 0 Å². The van der Waals surface area contributed by atoms with E-state index in [2.05, 4.69) is 20.3 Å². The first kappa shape index (κ1) is 23.2. The molecule has 0 bridgehead atoms. The van der Waals surface area contributed by atoms with Crippen LogP contribution in [0.3, 0.4) is 0 Å². The number of nitrogens with zero attached hydrogens (tertiary/aromatic N) is 1. The molecule has 10 heteroatoms. The van der Waals surface area contributed by atoms with E-state index < -0.39 is 10.0 Å². The number of guanidine groups is 1. The second-order valence-electron chi connectivity index (χ2n) is 6.69. The monoisotopic (exact) mass is 428 g/mol. The Balaban J connectivity index is 1.75. The maximum absolute atomic E-state index is 12.2. The van der Waals surface area contributed by atoms with Crippen molar-refractivity contribution in [3.05, 3.63) is 23.8 Å². The third-order valence-electron chi connectivity index (χ3n) is 4.63. The number of hydrogen-bond donors (Lipinski definition) is 3. The van der Waals surface area contributed by atoms with Crippen molar-refractivity contribution in [2.45, 2.75) is 31.9 Å². The van der Waals surface area contributed by atoms with Gasteiger partial charge < -0.3 is 24.8 Å². The quantitative estimate of drug-likeness (QED) is 0.374. The van der Waals surface area contributed by atoms with E-state index in [1.807, 2.05) is 18.2 Å². The minimum absolute atomic E-state index is 0.0274. The third kappa shape index (κ3) is 8.08. The minimum atomic E-state index is -3.38. The van der Waals surface area contributed by atoms with Gasteiger partial charge in [0.25, 0.3) is 0 Å². The molecule has 0 radical (unpaired) electrons. The highest BCUT2D eigenvalue weighted by Gasteiger charge is 2.17. The molecule has 0 aliphatic carbocycles. The molecule has 1 saturated heterocycles. The van der Waals surface area contributed by atoms with Crippen LogP contribution in [0.5, 0.6) is 11.5 Å². The van der Waals surface area contributed by atoms with Crippen molar-refractivity contribution in [1.82, 2.24) is 15.4 Å². The minimum Gasteiger partial charge on any atom is -0.497 e. The van der Waals surface area contributed by atoms with Gasteiger partial charge in [-0.15, -0.1) is 0 Å². The summed E-state index contributed by atoms with van der Waals surface area (Å²) in [5, 5.41) is 6.17. The Morgan fingerprint density at radius 2 is 2.07 bits per heavy atom. The van der Waals surface area contributed by atoms with E-state index in [4.69, 9.17) is 14.2 Å². The molecule has 1 aromatic rings. The number of ether oxygens (including phenoxy) is 3. The molecule has 164 valence electrons. The first-order chi connectivity index (χ1) is 14.0. The van der Waals surface area contributed by atoms with Crippen LogP contribution in [0, 0.1) is 0 Å². The van der Waals surface area contributed by atoms with Crippen LogP contribution in [0.4, 0.5) is 0 Å². The van der Waals surface area contributed by atoms with Gasteiger partial charge >= 0.3 is 0 Å². The van der Waals surface area contributed by atoms with Crippen molar-refractivity contribution in [2.24, 2.45) is 4.99 Å². The predicted molar refractivity (Wildman–Crippen MR) is 113 cm³/mol. The molecule has 0 saturated carbocycles. The maximum atomic E-state index is 12.2. The first-order valence-corrected chi connectivity index (χ1v) is 11.4. The van der Waals surface area contributed by atoms with Gasteiger partial charge in [-0.05, 0) is 31.4 Å². The van der Waals surface area contributed by atoms with E-state index in [0.717, 1.165) is 24.8 Å². The highest BCUT2D eigenvalue weighted by Crippen LogP contribution is 2.24. The Hall–Kier alpha value is -2.04. The van der Waals surface area contributed by atoms with Gasteiger partial charge in [0.2, 0.25) is 10.0 Å². The Morgan fingerprint density at radius 3 is 2.72 bits per heavy atom. The van der Waals surface area contributed by atoms with Crippen LogP contribution in [0.2, 0.25) is 0 Å². The summed E-state index contributed by atoms with van der Waals surface area (Å²) in [5.74, 6) is 1.87. The number of aliphatic imine (C=N–C) groups is 1. The average Bonchev–Trinajstić information content (AvgIpc) is 2.75. The molecule has 0 spiro atoms. The molecule has 1 heterocycles. The molecular formula is C19H32N4O5S. The molecule has 0 amide bonds. The highest BCUT2D eigenvalue weighted by molar-refractivity contribution is 7.89. The Labute approximate surface area is 173 Å². The zero-order valence-electron chi connectivity index (χ0n) is 17.4. The van der Waals surface area contributed by atoms with Crippen LogP contribution >= 0.6 is 0 Å². The number of benzene rings is 1. The topological polar surface area (TPSA) is 110 Å². The van der Waals surface area contributed by atoms with Gasteiger partial charge in [-0.3, -0.25) is 4.99 Å². The number of rotatable bonds is 10. The van der Waals surface area contributed by atoms with Crippen molar-refractivity contribution in [1.29, 1.82) is 0 Å². The van der Waals surface area contributed by atoms with Crippen LogP contribution in [0.25, 0.3) is 0 Å². The second kappa shape index (κ2) is 11.8. The second-order valence-corrected chi connectivity index (χ2v) is 8.61. The molecule has 1 aliphatic rings. The molecule has 2 rings (SSSR count). The lowest BCUT2D eigenvalue weighted by Gasteiger charge is -2.22. The summed E-state index contributed by atoms with van der Waals surface area (Å²) < 4.78 is 43.1. The fourth-order valence-corrected chi connectivity index (χ4v) is 3.92. The summed E-state index contributed by atoms with van der Waals surface area (Å²) >= 11 is 0. The van der Waals surface area contributed by atoms with E-state index in [0.29, 0.717) is 37.2 Å². The fourth-order valence-electron chi connectivity index (χ4n) is 2.96. The van der Waals surface area contributed by atoms with Gasteiger partial charge in [0.15, 0.2) is 5.96 Å². The molecule has 0 aromatic heterocycles. The first-order valence-electron chi connectivity index (χ1n) is 9.71. The van der Waals surface area contributed by atoms with Crippen LogP contribution in [0.1, 0.15) is 24.8 Å². The summed E-state index contributed by atoms with van der Waals surface area (Å²) in [6.45, 7) is 1.73. The van der Waals surface area contributed by atoms with Crippen LogP contribution in [0.15, 0.2) is 23.2 Å². The lowest BCUT2D eigenvalue weighted by Crippen LogP contribution is -2.42. The van der Waals surface area contributed by atoms with Gasteiger partial charge in [-0.25, -0.2) is 13.1 Å². The normalized spacial score (nSPS) is 17.6. The van der Waals surface area contributed by atoms with Gasteiger partial charge in [0, 0.05) is 44.9 Å². The van der Waals surface area contributed by atoms with E-state index in [1.165, 1.54) is 0 Å². The SMILES string of the molecule is CN=C(NCCS(=O)(=O)NCC1CCCCO1)NCc1ccc(OC)cc1OC. The van der Waals surface area contributed by atoms with E-state index >= 15 is 0 Å². The van der Waals surface area contributed by atoms with Crippen LogP contribution in [-0.4, -0.2) is 67.2 Å². The van der Waals surface area contributed by atoms with Gasteiger partial charge in [0.1, 0.15) is 11.5 Å². The molecule has 1 fully saturated rings. The Morgan fingerprint density at radius 1 is 1.24 bits per heavy atom. The number of nitrogens with one attached hydrogen (secondary N) is 3. The molecule has 29 heavy (non-hydrogen) atoms. The molecule has 9 nitrogen and oxygen atoms in total. The zero-order chi connectivity index (χ0) is 21.1. The number of methoxy groups -OCH3 is 2.